The Hall–Kier alpha value is -3.08. The van der Waals surface area contributed by atoms with Gasteiger partial charge in [-0.15, -0.1) is 0 Å². The molecule has 0 aromatic rings. The number of ketones is 1. The van der Waals surface area contributed by atoms with E-state index in [0.29, 0.717) is 69.1 Å². The summed E-state index contributed by atoms with van der Waals surface area (Å²) in [5.41, 5.74) is 1.83. The third-order valence-electron chi connectivity index (χ3n) is 15.0. The van der Waals surface area contributed by atoms with E-state index in [0.717, 1.165) is 12.0 Å². The molecule has 14 nitrogen and oxygen atoms in total. The quantitative estimate of drug-likeness (QED) is 0.115. The van der Waals surface area contributed by atoms with Crippen molar-refractivity contribution in [3.63, 3.8) is 0 Å². The summed E-state index contributed by atoms with van der Waals surface area (Å²) < 4.78 is 36.0. The minimum Gasteiger partial charge on any atom is -0.460 e. The number of rotatable bonds is 7. The average molecular weight is 929 g/mol. The van der Waals surface area contributed by atoms with Crippen LogP contribution in [0.4, 0.5) is 0 Å². The van der Waals surface area contributed by atoms with Crippen LogP contribution in [0.3, 0.4) is 0 Å². The lowest BCUT2D eigenvalue weighted by Gasteiger charge is -2.43. The lowest BCUT2D eigenvalue weighted by atomic mass is 9.78. The third-order valence-corrected chi connectivity index (χ3v) is 15.0. The number of piperidine rings is 1. The molecule has 66 heavy (non-hydrogen) atoms. The first-order valence-electron chi connectivity index (χ1n) is 24.5. The Morgan fingerprint density at radius 3 is 2.21 bits per heavy atom. The molecule has 0 radical (unpaired) electrons. The third kappa shape index (κ3) is 14.5. The SMILES string of the molecule is CO[C@H]1C[C@@H]2CC[C@@H](C)[C@@](O)(O2)C(=O)C(=O)N2CCCC[C@H]2C(=O)O[C@H]([C@H](C)C[C@@H]2CC[C@@H](O)[C@H](OC)C2)C[C@@H](OC)[C@H](C)/C=C(\C)[C@@H](O)[C@@H](OC)C(=N)[C@H](C)C[C@H](C)/C=C/C=CC=C1C. The van der Waals surface area contributed by atoms with E-state index in [-0.39, 0.29) is 61.2 Å². The molecular weight excluding hydrogens is 845 g/mol. The number of fused-ring (bicyclic) bond motifs is 3. The summed E-state index contributed by atoms with van der Waals surface area (Å²) in [6, 6.07) is -1.06. The van der Waals surface area contributed by atoms with Crippen LogP contribution in [0, 0.1) is 40.9 Å². The van der Waals surface area contributed by atoms with Gasteiger partial charge in [-0.1, -0.05) is 71.1 Å². The van der Waals surface area contributed by atoms with Gasteiger partial charge < -0.3 is 54.0 Å². The van der Waals surface area contributed by atoms with Crippen LogP contribution in [0.25, 0.3) is 0 Å². The zero-order valence-electron chi connectivity index (χ0n) is 41.8. The van der Waals surface area contributed by atoms with Gasteiger partial charge in [0.2, 0.25) is 5.79 Å². The standard InChI is InChI=1S/C52H84N2O12/c1-31-17-13-12-14-18-32(2)42(61-8)29-39-22-20-37(7)52(60,66-39)49(57)50(58)54-24-16-15-19-40(54)51(59)65-44(34(4)27-38-21-23-41(55)45(28-38)63-10)30-43(62-9)33(3)26-36(6)47(56)48(64-11)46(53)35(5)25-31/h12-14,17-18,26,31,33-35,37-45,47-48,53,55-56,60H,15-16,19-25,27-30H2,1-11H3/b14-12?,17-13+,32-18?,36-26+,53-46?/t31-,33-,34-,35-,37-,38+,39+,40+,41-,42+,43-,44+,45-,47-,48+,52-/m1/s1. The number of carbonyl (C=O) groups excluding carboxylic acids is 3. The minimum absolute atomic E-state index is 0.127. The lowest BCUT2D eigenvalue weighted by Crippen LogP contribution is -2.61. The highest BCUT2D eigenvalue weighted by Crippen LogP contribution is 2.38. The number of Topliss-reactive ketones (excluding diaryl/α,β-unsaturated/α-hetero) is 1. The fraction of sp³-hybridized carbons (Fsp3) is 0.769. The number of amides is 1. The number of aliphatic hydroxyl groups excluding tert-OH is 2. The van der Waals surface area contributed by atoms with Crippen LogP contribution in [0.1, 0.15) is 126 Å². The van der Waals surface area contributed by atoms with Crippen molar-refractivity contribution < 1.29 is 58.1 Å². The zero-order valence-corrected chi connectivity index (χ0v) is 41.8. The molecule has 2 bridgehead atoms. The molecule has 374 valence electrons. The van der Waals surface area contributed by atoms with E-state index in [2.05, 4.69) is 13.0 Å². The molecule has 2 saturated heterocycles. The Balaban J connectivity index is 1.72. The number of allylic oxidation sites excluding steroid dienone is 5. The van der Waals surface area contributed by atoms with E-state index in [4.69, 9.17) is 33.8 Å². The molecule has 1 aliphatic carbocycles. The Kier molecular flexibility index (Phi) is 21.9. The summed E-state index contributed by atoms with van der Waals surface area (Å²) in [4.78, 5) is 44.4. The number of hydrogen-bond donors (Lipinski definition) is 4. The molecule has 3 heterocycles. The van der Waals surface area contributed by atoms with Gasteiger partial charge in [-0.3, -0.25) is 9.59 Å². The van der Waals surface area contributed by atoms with Crippen LogP contribution < -0.4 is 0 Å². The minimum atomic E-state index is -2.39. The van der Waals surface area contributed by atoms with Gasteiger partial charge in [0.05, 0.1) is 30.5 Å². The van der Waals surface area contributed by atoms with Gasteiger partial charge in [0.15, 0.2) is 0 Å². The molecule has 0 spiro atoms. The number of aliphatic hydroxyl groups is 3. The maximum atomic E-state index is 14.5. The largest absolute Gasteiger partial charge is 0.460 e. The summed E-state index contributed by atoms with van der Waals surface area (Å²) in [6.07, 6.45) is 13.4. The molecule has 3 aliphatic heterocycles. The molecule has 4 N–H and O–H groups in total. The van der Waals surface area contributed by atoms with Crippen LogP contribution in [-0.4, -0.2) is 139 Å². The predicted octanol–water partition coefficient (Wildman–Crippen LogP) is 7.08. The van der Waals surface area contributed by atoms with Gasteiger partial charge in [0.25, 0.3) is 11.7 Å². The number of carbonyl (C=O) groups is 3. The van der Waals surface area contributed by atoms with E-state index < -0.39 is 72.0 Å². The first kappa shape index (κ1) is 55.5. The number of esters is 1. The topological polar surface area (TPSA) is 194 Å². The van der Waals surface area contributed by atoms with Crippen molar-refractivity contribution in [2.24, 2.45) is 35.5 Å². The van der Waals surface area contributed by atoms with Gasteiger partial charge in [-0.25, -0.2) is 4.79 Å². The molecular formula is C52H84N2O12. The fourth-order valence-corrected chi connectivity index (χ4v) is 10.6. The van der Waals surface area contributed by atoms with Gasteiger partial charge >= 0.3 is 5.97 Å². The van der Waals surface area contributed by atoms with Gasteiger partial charge in [0, 0.05) is 65.4 Å². The number of ether oxygens (including phenoxy) is 6. The van der Waals surface area contributed by atoms with Crippen molar-refractivity contribution >= 4 is 23.4 Å². The van der Waals surface area contributed by atoms with Crippen molar-refractivity contribution in [2.75, 3.05) is 35.0 Å². The Morgan fingerprint density at radius 2 is 1.55 bits per heavy atom. The monoisotopic (exact) mass is 929 g/mol. The van der Waals surface area contributed by atoms with Crippen LogP contribution >= 0.6 is 0 Å². The second kappa shape index (κ2) is 26.1. The smallest absolute Gasteiger partial charge is 0.329 e. The van der Waals surface area contributed by atoms with Crippen molar-refractivity contribution in [1.29, 1.82) is 5.41 Å². The second-order valence-corrected chi connectivity index (χ2v) is 20.1. The molecule has 1 amide bonds. The molecule has 0 aromatic carbocycles. The Bertz CT molecular complexity index is 1730. The summed E-state index contributed by atoms with van der Waals surface area (Å²) in [7, 11) is 6.31. The molecule has 16 atom stereocenters. The first-order valence-corrected chi connectivity index (χ1v) is 24.5. The van der Waals surface area contributed by atoms with E-state index in [9.17, 15) is 29.7 Å². The summed E-state index contributed by atoms with van der Waals surface area (Å²) in [5, 5.41) is 43.3. The molecule has 0 unspecified atom stereocenters. The molecule has 0 aromatic heterocycles. The average Bonchev–Trinajstić information content (AvgIpc) is 3.30. The molecule has 1 saturated carbocycles. The van der Waals surface area contributed by atoms with Crippen LogP contribution in [0.2, 0.25) is 0 Å². The number of nitrogens with zero attached hydrogens (tertiary/aromatic N) is 1. The maximum Gasteiger partial charge on any atom is 0.329 e. The van der Waals surface area contributed by atoms with Crippen molar-refractivity contribution in [2.45, 2.75) is 186 Å². The highest BCUT2D eigenvalue weighted by molar-refractivity contribution is 6.39. The van der Waals surface area contributed by atoms with Gasteiger partial charge in [-0.05, 0) is 113 Å². The second-order valence-electron chi connectivity index (χ2n) is 20.1. The van der Waals surface area contributed by atoms with E-state index in [1.54, 1.807) is 28.3 Å². The Labute approximate surface area is 395 Å². The van der Waals surface area contributed by atoms with Crippen molar-refractivity contribution in [3.8, 4) is 0 Å². The van der Waals surface area contributed by atoms with Crippen molar-refractivity contribution in [1.82, 2.24) is 4.90 Å². The van der Waals surface area contributed by atoms with E-state index >= 15 is 0 Å². The number of cyclic esters (lactones) is 1. The molecule has 4 aliphatic rings. The van der Waals surface area contributed by atoms with Crippen LogP contribution in [0.15, 0.2) is 47.6 Å². The molecule has 14 heteroatoms. The summed E-state index contributed by atoms with van der Waals surface area (Å²) in [5.74, 6) is -6.07. The van der Waals surface area contributed by atoms with Crippen LogP contribution in [-0.2, 0) is 42.8 Å². The molecule has 3 fully saturated rings. The summed E-state index contributed by atoms with van der Waals surface area (Å²) in [6.45, 7) is 13.7. The maximum absolute atomic E-state index is 14.5. The predicted molar refractivity (Wildman–Crippen MR) is 254 cm³/mol. The number of hydrogen-bond acceptors (Lipinski definition) is 13. The van der Waals surface area contributed by atoms with Crippen molar-refractivity contribution in [3.05, 3.63) is 47.6 Å². The Morgan fingerprint density at radius 1 is 0.833 bits per heavy atom. The normalized spacial score (nSPS) is 39.8. The number of methoxy groups -OCH3 is 4. The van der Waals surface area contributed by atoms with Crippen LogP contribution in [0.5, 0.6) is 0 Å². The highest BCUT2D eigenvalue weighted by atomic mass is 16.6. The lowest BCUT2D eigenvalue weighted by molar-refractivity contribution is -0.265. The zero-order chi connectivity index (χ0) is 48.9. The fourth-order valence-electron chi connectivity index (χ4n) is 10.6. The number of nitrogens with one attached hydrogen (secondary N) is 1. The highest BCUT2D eigenvalue weighted by Gasteiger charge is 2.53. The van der Waals surface area contributed by atoms with E-state index in [1.807, 2.05) is 65.0 Å². The summed E-state index contributed by atoms with van der Waals surface area (Å²) >= 11 is 0. The first-order chi connectivity index (χ1) is 31.3. The molecule has 4 rings (SSSR count). The van der Waals surface area contributed by atoms with Gasteiger partial charge in [0.1, 0.15) is 24.4 Å². The van der Waals surface area contributed by atoms with Gasteiger partial charge in [-0.2, -0.15) is 0 Å². The van der Waals surface area contributed by atoms with E-state index in [1.165, 1.54) is 12.0 Å².